The molecule has 0 aliphatic heterocycles. The lowest BCUT2D eigenvalue weighted by atomic mass is 9.98. The molecule has 1 saturated carbocycles. The largest absolute Gasteiger partial charge is 0.480 e. The van der Waals surface area contributed by atoms with Gasteiger partial charge in [0.15, 0.2) is 0 Å². The second-order valence-corrected chi connectivity index (χ2v) is 3.80. The molecule has 76 valence electrons. The number of ether oxygens (including phenoxy) is 1. The summed E-state index contributed by atoms with van der Waals surface area (Å²) in [6.45, 7) is 2.19. The number of methoxy groups -OCH3 is 1. The maximum atomic E-state index is 11.0. The Morgan fingerprint density at radius 3 is 2.69 bits per heavy atom. The SMILES string of the molecule is COCCC(C)(NC1CC1)C(=O)O. The van der Waals surface area contributed by atoms with Crippen molar-refractivity contribution in [3.05, 3.63) is 0 Å². The Morgan fingerprint density at radius 1 is 1.69 bits per heavy atom. The zero-order chi connectivity index (χ0) is 9.90. The third kappa shape index (κ3) is 2.97. The molecular weight excluding hydrogens is 170 g/mol. The molecule has 1 rings (SSSR count). The molecular formula is C9H17NO3. The van der Waals surface area contributed by atoms with E-state index in [0.717, 1.165) is 12.8 Å². The van der Waals surface area contributed by atoms with Crippen LogP contribution in [0.25, 0.3) is 0 Å². The van der Waals surface area contributed by atoms with Gasteiger partial charge in [-0.15, -0.1) is 0 Å². The number of hydrogen-bond donors (Lipinski definition) is 2. The van der Waals surface area contributed by atoms with Crippen molar-refractivity contribution >= 4 is 5.97 Å². The molecule has 1 atom stereocenters. The van der Waals surface area contributed by atoms with Gasteiger partial charge in [0.1, 0.15) is 5.54 Å². The summed E-state index contributed by atoms with van der Waals surface area (Å²) in [5.74, 6) is -0.795. The van der Waals surface area contributed by atoms with E-state index in [0.29, 0.717) is 19.1 Å². The Labute approximate surface area is 78.3 Å². The normalized spacial score (nSPS) is 21.1. The summed E-state index contributed by atoms with van der Waals surface area (Å²) in [4.78, 5) is 11.0. The van der Waals surface area contributed by atoms with E-state index in [1.165, 1.54) is 0 Å². The molecule has 0 aromatic carbocycles. The number of carboxylic acids is 1. The number of nitrogens with one attached hydrogen (secondary N) is 1. The molecule has 0 bridgehead atoms. The number of rotatable bonds is 6. The van der Waals surface area contributed by atoms with Crippen molar-refractivity contribution < 1.29 is 14.6 Å². The van der Waals surface area contributed by atoms with Crippen molar-refractivity contribution in [1.82, 2.24) is 5.32 Å². The van der Waals surface area contributed by atoms with Crippen molar-refractivity contribution in [2.24, 2.45) is 0 Å². The second kappa shape index (κ2) is 4.07. The Balaban J connectivity index is 2.45. The van der Waals surface area contributed by atoms with Crippen LogP contribution in [0.2, 0.25) is 0 Å². The van der Waals surface area contributed by atoms with Gasteiger partial charge < -0.3 is 9.84 Å². The minimum absolute atomic E-state index is 0.401. The first-order valence-electron chi connectivity index (χ1n) is 4.58. The fourth-order valence-electron chi connectivity index (χ4n) is 1.23. The lowest BCUT2D eigenvalue weighted by Crippen LogP contribution is -2.51. The van der Waals surface area contributed by atoms with Crippen LogP contribution < -0.4 is 5.32 Å². The zero-order valence-corrected chi connectivity index (χ0v) is 8.17. The van der Waals surface area contributed by atoms with E-state index in [1.54, 1.807) is 14.0 Å². The Hall–Kier alpha value is -0.610. The summed E-state index contributed by atoms with van der Waals surface area (Å²) in [6.07, 6.45) is 2.70. The molecule has 1 unspecified atom stereocenters. The first kappa shape index (κ1) is 10.5. The zero-order valence-electron chi connectivity index (χ0n) is 8.17. The van der Waals surface area contributed by atoms with Crippen molar-refractivity contribution in [3.63, 3.8) is 0 Å². The van der Waals surface area contributed by atoms with Crippen molar-refractivity contribution in [2.75, 3.05) is 13.7 Å². The van der Waals surface area contributed by atoms with Gasteiger partial charge in [0, 0.05) is 19.8 Å². The van der Waals surface area contributed by atoms with Crippen LogP contribution in [0.15, 0.2) is 0 Å². The monoisotopic (exact) mass is 187 g/mol. The minimum Gasteiger partial charge on any atom is -0.480 e. The summed E-state index contributed by atoms with van der Waals surface area (Å²) in [7, 11) is 1.58. The number of hydrogen-bond acceptors (Lipinski definition) is 3. The molecule has 13 heavy (non-hydrogen) atoms. The van der Waals surface area contributed by atoms with E-state index in [4.69, 9.17) is 9.84 Å². The average Bonchev–Trinajstić information content (AvgIpc) is 2.84. The van der Waals surface area contributed by atoms with Gasteiger partial charge in [-0.1, -0.05) is 0 Å². The first-order chi connectivity index (χ1) is 6.08. The van der Waals surface area contributed by atoms with Crippen LogP contribution in [0.3, 0.4) is 0 Å². The summed E-state index contributed by atoms with van der Waals surface area (Å²) < 4.78 is 4.89. The second-order valence-electron chi connectivity index (χ2n) is 3.80. The summed E-state index contributed by atoms with van der Waals surface area (Å²) in [5.41, 5.74) is -0.822. The molecule has 0 spiro atoms. The van der Waals surface area contributed by atoms with E-state index in [2.05, 4.69) is 5.32 Å². The fourth-order valence-corrected chi connectivity index (χ4v) is 1.23. The highest BCUT2D eigenvalue weighted by molar-refractivity contribution is 5.78. The molecule has 0 amide bonds. The van der Waals surface area contributed by atoms with Gasteiger partial charge in [-0.05, 0) is 26.2 Å². The summed E-state index contributed by atoms with van der Waals surface area (Å²) in [6, 6.07) is 0.401. The highest BCUT2D eigenvalue weighted by Crippen LogP contribution is 2.24. The van der Waals surface area contributed by atoms with Gasteiger partial charge in [0.2, 0.25) is 0 Å². The van der Waals surface area contributed by atoms with Crippen molar-refractivity contribution in [1.29, 1.82) is 0 Å². The predicted molar refractivity (Wildman–Crippen MR) is 48.7 cm³/mol. The van der Waals surface area contributed by atoms with Gasteiger partial charge in [-0.3, -0.25) is 10.1 Å². The average molecular weight is 187 g/mol. The van der Waals surface area contributed by atoms with E-state index >= 15 is 0 Å². The highest BCUT2D eigenvalue weighted by Gasteiger charge is 2.37. The highest BCUT2D eigenvalue weighted by atomic mass is 16.5. The van der Waals surface area contributed by atoms with Crippen LogP contribution >= 0.6 is 0 Å². The molecule has 0 aromatic rings. The van der Waals surface area contributed by atoms with E-state index in [1.807, 2.05) is 0 Å². The molecule has 0 heterocycles. The maximum Gasteiger partial charge on any atom is 0.323 e. The Morgan fingerprint density at radius 2 is 2.31 bits per heavy atom. The molecule has 1 aliphatic rings. The molecule has 0 aromatic heterocycles. The van der Waals surface area contributed by atoms with Gasteiger partial charge in [-0.25, -0.2) is 0 Å². The van der Waals surface area contributed by atoms with Gasteiger partial charge in [0.25, 0.3) is 0 Å². The van der Waals surface area contributed by atoms with Crippen molar-refractivity contribution in [2.45, 2.75) is 37.8 Å². The van der Waals surface area contributed by atoms with Crippen LogP contribution in [0, 0.1) is 0 Å². The number of carboxylic acid groups (broad SMARTS) is 1. The molecule has 4 heteroatoms. The molecule has 4 nitrogen and oxygen atoms in total. The summed E-state index contributed by atoms with van der Waals surface area (Å²) >= 11 is 0. The van der Waals surface area contributed by atoms with Crippen LogP contribution in [0.4, 0.5) is 0 Å². The van der Waals surface area contributed by atoms with E-state index in [-0.39, 0.29) is 0 Å². The minimum atomic E-state index is -0.822. The third-order valence-corrected chi connectivity index (χ3v) is 2.38. The number of aliphatic carboxylic acids is 1. The van der Waals surface area contributed by atoms with E-state index in [9.17, 15) is 4.79 Å². The maximum absolute atomic E-state index is 11.0. The smallest absolute Gasteiger partial charge is 0.323 e. The standard InChI is InChI=1S/C9H17NO3/c1-9(8(11)12,5-6-13-2)10-7-3-4-7/h7,10H,3-6H2,1-2H3,(H,11,12). The van der Waals surface area contributed by atoms with Crippen LogP contribution in [-0.4, -0.2) is 36.4 Å². The summed E-state index contributed by atoms with van der Waals surface area (Å²) in [5, 5.41) is 12.1. The number of carbonyl (C=O) groups is 1. The molecule has 2 N–H and O–H groups in total. The third-order valence-electron chi connectivity index (χ3n) is 2.38. The van der Waals surface area contributed by atoms with E-state index < -0.39 is 11.5 Å². The molecule has 0 saturated heterocycles. The lowest BCUT2D eigenvalue weighted by Gasteiger charge is -2.25. The first-order valence-corrected chi connectivity index (χ1v) is 4.58. The Bertz CT molecular complexity index is 191. The quantitative estimate of drug-likeness (QED) is 0.640. The fraction of sp³-hybridized carbons (Fsp3) is 0.889. The Kier molecular flexibility index (Phi) is 3.27. The van der Waals surface area contributed by atoms with Gasteiger partial charge in [0.05, 0.1) is 0 Å². The topological polar surface area (TPSA) is 58.6 Å². The van der Waals surface area contributed by atoms with Gasteiger partial charge in [-0.2, -0.15) is 0 Å². The molecule has 1 fully saturated rings. The molecule has 0 radical (unpaired) electrons. The van der Waals surface area contributed by atoms with Crippen LogP contribution in [0.5, 0.6) is 0 Å². The van der Waals surface area contributed by atoms with Crippen molar-refractivity contribution in [3.8, 4) is 0 Å². The van der Waals surface area contributed by atoms with Crippen LogP contribution in [-0.2, 0) is 9.53 Å². The predicted octanol–water partition coefficient (Wildman–Crippen LogP) is 0.618. The van der Waals surface area contributed by atoms with Crippen LogP contribution in [0.1, 0.15) is 26.2 Å². The molecule has 1 aliphatic carbocycles. The lowest BCUT2D eigenvalue weighted by molar-refractivity contribution is -0.145. The van der Waals surface area contributed by atoms with Gasteiger partial charge >= 0.3 is 5.97 Å².